The van der Waals surface area contributed by atoms with Gasteiger partial charge in [0, 0.05) is 13.1 Å². The van der Waals surface area contributed by atoms with Crippen molar-refractivity contribution in [3.63, 3.8) is 0 Å². The molecule has 1 aromatic heterocycles. The molecule has 1 heterocycles. The highest BCUT2D eigenvalue weighted by atomic mass is 16.2. The highest BCUT2D eigenvalue weighted by molar-refractivity contribution is 5.98. The lowest BCUT2D eigenvalue weighted by Crippen LogP contribution is -2.39. The van der Waals surface area contributed by atoms with Gasteiger partial charge in [-0.25, -0.2) is 0 Å². The van der Waals surface area contributed by atoms with Crippen molar-refractivity contribution >= 4 is 11.6 Å². The normalized spacial score (nSPS) is 23.4. The van der Waals surface area contributed by atoms with Crippen LogP contribution in [0.25, 0.3) is 0 Å². The average Bonchev–Trinajstić information content (AvgIpc) is 2.56. The topological polar surface area (TPSA) is 72.9 Å². The Balaban J connectivity index is 2.13. The molecule has 2 atom stereocenters. The molecular formula is C15H26N4O. The molecule has 0 saturated heterocycles. The second-order valence-corrected chi connectivity index (χ2v) is 5.88. The first-order valence-corrected chi connectivity index (χ1v) is 7.66. The Morgan fingerprint density at radius 3 is 2.75 bits per heavy atom. The Labute approximate surface area is 120 Å². The van der Waals surface area contributed by atoms with Gasteiger partial charge in [0.05, 0.1) is 11.4 Å². The lowest BCUT2D eigenvalue weighted by molar-refractivity contribution is 0.0913. The molecule has 1 amide bonds. The fourth-order valence-electron chi connectivity index (χ4n) is 3.07. The third-order valence-corrected chi connectivity index (χ3v) is 4.39. The van der Waals surface area contributed by atoms with Crippen LogP contribution in [0.4, 0.5) is 5.69 Å². The molecule has 5 nitrogen and oxygen atoms in total. The summed E-state index contributed by atoms with van der Waals surface area (Å²) < 4.78 is 1.60. The molecule has 1 aliphatic carbocycles. The number of aromatic nitrogens is 2. The van der Waals surface area contributed by atoms with E-state index in [0.717, 1.165) is 18.5 Å². The molecule has 3 N–H and O–H groups in total. The van der Waals surface area contributed by atoms with E-state index in [4.69, 9.17) is 5.73 Å². The van der Waals surface area contributed by atoms with Crippen LogP contribution in [0.5, 0.6) is 0 Å². The first-order valence-electron chi connectivity index (χ1n) is 7.66. The summed E-state index contributed by atoms with van der Waals surface area (Å²) in [5.74, 6) is 0.442. The molecule has 0 radical (unpaired) electrons. The summed E-state index contributed by atoms with van der Waals surface area (Å²) in [5.41, 5.74) is 7.86. The van der Waals surface area contributed by atoms with E-state index in [1.165, 1.54) is 25.7 Å². The Bertz CT molecular complexity index is 480. The van der Waals surface area contributed by atoms with Crippen molar-refractivity contribution < 1.29 is 4.79 Å². The number of hydrogen-bond donors (Lipinski definition) is 2. The van der Waals surface area contributed by atoms with Crippen LogP contribution in [0.3, 0.4) is 0 Å². The summed E-state index contributed by atoms with van der Waals surface area (Å²) in [6, 6.07) is 0.254. The molecule has 1 fully saturated rings. The molecule has 5 heteroatoms. The molecule has 2 rings (SSSR count). The van der Waals surface area contributed by atoms with Crippen molar-refractivity contribution in [3.8, 4) is 0 Å². The second-order valence-electron chi connectivity index (χ2n) is 5.88. The van der Waals surface area contributed by atoms with Crippen molar-refractivity contribution in [2.24, 2.45) is 13.0 Å². The molecule has 112 valence electrons. The highest BCUT2D eigenvalue weighted by Crippen LogP contribution is 2.24. The van der Waals surface area contributed by atoms with Gasteiger partial charge in [-0.2, -0.15) is 5.10 Å². The van der Waals surface area contributed by atoms with Gasteiger partial charge in [0.25, 0.3) is 5.91 Å². The van der Waals surface area contributed by atoms with E-state index in [-0.39, 0.29) is 11.9 Å². The van der Waals surface area contributed by atoms with Crippen LogP contribution in [0.2, 0.25) is 0 Å². The molecule has 1 saturated carbocycles. The summed E-state index contributed by atoms with van der Waals surface area (Å²) in [6.07, 6.45) is 6.71. The average molecular weight is 278 g/mol. The second kappa shape index (κ2) is 6.29. The minimum Gasteiger partial charge on any atom is -0.395 e. The van der Waals surface area contributed by atoms with E-state index in [0.29, 0.717) is 17.3 Å². The van der Waals surface area contributed by atoms with Gasteiger partial charge in [-0.3, -0.25) is 9.48 Å². The van der Waals surface area contributed by atoms with Crippen molar-refractivity contribution in [1.82, 2.24) is 15.1 Å². The molecule has 0 aromatic carbocycles. The molecule has 1 aliphatic rings. The van der Waals surface area contributed by atoms with Gasteiger partial charge in [0.15, 0.2) is 0 Å². The number of amides is 1. The third kappa shape index (κ3) is 2.97. The number of aryl methyl sites for hydroxylation is 2. The summed E-state index contributed by atoms with van der Waals surface area (Å²) in [7, 11) is 1.78. The zero-order valence-corrected chi connectivity index (χ0v) is 12.8. The van der Waals surface area contributed by atoms with Gasteiger partial charge >= 0.3 is 0 Å². The lowest BCUT2D eigenvalue weighted by Gasteiger charge is -2.22. The van der Waals surface area contributed by atoms with Crippen LogP contribution in [0, 0.1) is 5.92 Å². The summed E-state index contributed by atoms with van der Waals surface area (Å²) in [5, 5.41) is 7.48. The molecule has 1 aromatic rings. The highest BCUT2D eigenvalue weighted by Gasteiger charge is 2.25. The number of carbonyl (C=O) groups excluding carboxylic acids is 1. The van der Waals surface area contributed by atoms with E-state index >= 15 is 0 Å². The van der Waals surface area contributed by atoms with Crippen molar-refractivity contribution in [1.29, 1.82) is 0 Å². The van der Waals surface area contributed by atoms with Crippen molar-refractivity contribution in [2.45, 2.75) is 58.4 Å². The number of hydrogen-bond acceptors (Lipinski definition) is 3. The summed E-state index contributed by atoms with van der Waals surface area (Å²) in [4.78, 5) is 12.5. The Kier molecular flexibility index (Phi) is 4.68. The number of nitrogen functional groups attached to an aromatic ring is 1. The largest absolute Gasteiger partial charge is 0.395 e. The van der Waals surface area contributed by atoms with Crippen molar-refractivity contribution in [2.75, 3.05) is 5.73 Å². The predicted molar refractivity (Wildman–Crippen MR) is 80.5 cm³/mol. The van der Waals surface area contributed by atoms with E-state index in [9.17, 15) is 4.79 Å². The van der Waals surface area contributed by atoms with Gasteiger partial charge in [-0.15, -0.1) is 0 Å². The molecule has 0 spiro atoms. The van der Waals surface area contributed by atoms with Crippen molar-refractivity contribution in [3.05, 3.63) is 11.4 Å². The molecule has 2 unspecified atom stereocenters. The van der Waals surface area contributed by atoms with Crippen LogP contribution in [0.15, 0.2) is 0 Å². The Morgan fingerprint density at radius 1 is 1.40 bits per heavy atom. The lowest BCUT2D eigenvalue weighted by atomic mass is 9.97. The molecular weight excluding hydrogens is 252 g/mol. The Hall–Kier alpha value is -1.52. The predicted octanol–water partition coefficient (Wildman–Crippen LogP) is 2.26. The third-order valence-electron chi connectivity index (χ3n) is 4.39. The number of carbonyl (C=O) groups is 1. The van der Waals surface area contributed by atoms with Crippen LogP contribution >= 0.6 is 0 Å². The first kappa shape index (κ1) is 14.9. The maximum absolute atomic E-state index is 12.5. The number of nitrogens with two attached hydrogens (primary N) is 1. The molecule has 0 aliphatic heterocycles. The standard InChI is InChI=1S/C15H26N4O/c1-4-11-13(16)14(19(3)18-11)15(20)17-12-9-7-5-6-8-10(12)2/h10,12H,4-9,16H2,1-3H3,(H,17,20). The van der Waals surface area contributed by atoms with Gasteiger partial charge in [-0.1, -0.05) is 33.1 Å². The minimum atomic E-state index is -0.0871. The van der Waals surface area contributed by atoms with E-state index < -0.39 is 0 Å². The van der Waals surface area contributed by atoms with Gasteiger partial charge < -0.3 is 11.1 Å². The van der Waals surface area contributed by atoms with Crippen LogP contribution in [0.1, 0.15) is 62.1 Å². The fraction of sp³-hybridized carbons (Fsp3) is 0.733. The van der Waals surface area contributed by atoms with Crippen LogP contribution < -0.4 is 11.1 Å². The first-order chi connectivity index (χ1) is 9.54. The minimum absolute atomic E-state index is 0.0871. The van der Waals surface area contributed by atoms with Gasteiger partial charge in [-0.05, 0) is 25.2 Å². The number of rotatable bonds is 3. The van der Waals surface area contributed by atoms with E-state index in [1.54, 1.807) is 11.7 Å². The fourth-order valence-corrected chi connectivity index (χ4v) is 3.07. The maximum atomic E-state index is 12.5. The summed E-state index contributed by atoms with van der Waals surface area (Å²) in [6.45, 7) is 4.22. The Morgan fingerprint density at radius 2 is 2.10 bits per heavy atom. The zero-order valence-electron chi connectivity index (χ0n) is 12.8. The van der Waals surface area contributed by atoms with E-state index in [2.05, 4.69) is 17.3 Å². The smallest absolute Gasteiger partial charge is 0.271 e. The zero-order chi connectivity index (χ0) is 14.7. The number of nitrogens with one attached hydrogen (secondary N) is 1. The maximum Gasteiger partial charge on any atom is 0.271 e. The molecule has 20 heavy (non-hydrogen) atoms. The van der Waals surface area contributed by atoms with Crippen LogP contribution in [-0.2, 0) is 13.5 Å². The SMILES string of the molecule is CCc1nn(C)c(C(=O)NC2CCCCCC2C)c1N. The molecule has 0 bridgehead atoms. The monoisotopic (exact) mass is 278 g/mol. The van der Waals surface area contributed by atoms with E-state index in [1.807, 2.05) is 6.92 Å². The van der Waals surface area contributed by atoms with Gasteiger partial charge in [0.2, 0.25) is 0 Å². The van der Waals surface area contributed by atoms with Gasteiger partial charge in [0.1, 0.15) is 5.69 Å². The quantitative estimate of drug-likeness (QED) is 0.833. The summed E-state index contributed by atoms with van der Waals surface area (Å²) >= 11 is 0. The van der Waals surface area contributed by atoms with Crippen LogP contribution in [-0.4, -0.2) is 21.7 Å². The number of anilines is 1. The number of nitrogens with zero attached hydrogens (tertiary/aromatic N) is 2.